The van der Waals surface area contributed by atoms with Gasteiger partial charge in [0, 0.05) is 24.6 Å². The van der Waals surface area contributed by atoms with Crippen molar-refractivity contribution in [2.45, 2.75) is 6.54 Å². The number of aromatic nitrogens is 2. The van der Waals surface area contributed by atoms with Crippen molar-refractivity contribution in [1.29, 1.82) is 0 Å². The molecule has 0 radical (unpaired) electrons. The van der Waals surface area contributed by atoms with E-state index in [1.165, 1.54) is 12.4 Å². The van der Waals surface area contributed by atoms with Crippen molar-refractivity contribution in [2.75, 3.05) is 5.32 Å². The van der Waals surface area contributed by atoms with Crippen LogP contribution in [0.25, 0.3) is 0 Å². The summed E-state index contributed by atoms with van der Waals surface area (Å²) in [5.41, 5.74) is 7.09. The quantitative estimate of drug-likeness (QED) is 0.713. The topological polar surface area (TPSA) is 83.8 Å². The molecule has 0 aliphatic heterocycles. The number of hydrogen-bond donors (Lipinski definition) is 3. The first kappa shape index (κ1) is 10.4. The molecule has 0 aliphatic carbocycles. The fourth-order valence-corrected chi connectivity index (χ4v) is 1.30. The highest BCUT2D eigenvalue weighted by atomic mass is 16.1. The summed E-state index contributed by atoms with van der Waals surface area (Å²) >= 11 is 0. The Morgan fingerprint density at radius 1 is 1.31 bits per heavy atom. The number of benzene rings is 1. The fourth-order valence-electron chi connectivity index (χ4n) is 1.30. The number of H-pyrrole nitrogens is 1. The van der Waals surface area contributed by atoms with Crippen molar-refractivity contribution >= 4 is 11.5 Å². The second kappa shape index (κ2) is 4.59. The Balaban J connectivity index is 2.21. The van der Waals surface area contributed by atoms with Crippen LogP contribution in [-0.4, -0.2) is 9.97 Å². The van der Waals surface area contributed by atoms with E-state index in [-0.39, 0.29) is 11.4 Å². The lowest BCUT2D eigenvalue weighted by molar-refractivity contribution is 1.07. The van der Waals surface area contributed by atoms with Gasteiger partial charge < -0.3 is 16.0 Å². The van der Waals surface area contributed by atoms with Gasteiger partial charge in [-0.3, -0.25) is 4.79 Å². The molecule has 0 atom stereocenters. The standard InChI is InChI=1S/C11H12N4O/c12-7-8-1-3-9(4-2-8)15-10-11(16)14-6-5-13-10/h1-6H,7,12H2,(H,13,15)(H,14,16). The summed E-state index contributed by atoms with van der Waals surface area (Å²) in [5.74, 6) is 0.281. The maximum atomic E-state index is 11.3. The molecule has 5 heteroatoms. The molecule has 0 aliphatic rings. The molecule has 1 aromatic carbocycles. The van der Waals surface area contributed by atoms with Crippen LogP contribution in [0.2, 0.25) is 0 Å². The molecular formula is C11H12N4O. The predicted octanol–water partition coefficient (Wildman–Crippen LogP) is 0.972. The first-order valence-corrected chi connectivity index (χ1v) is 4.89. The van der Waals surface area contributed by atoms with Gasteiger partial charge in [-0.25, -0.2) is 4.98 Å². The fraction of sp³-hybridized carbons (Fsp3) is 0.0909. The molecule has 0 saturated heterocycles. The summed E-state index contributed by atoms with van der Waals surface area (Å²) in [6.07, 6.45) is 3.02. The number of nitrogens with zero attached hydrogens (tertiary/aromatic N) is 1. The molecule has 16 heavy (non-hydrogen) atoms. The molecule has 1 aromatic heterocycles. The van der Waals surface area contributed by atoms with E-state index in [4.69, 9.17) is 5.73 Å². The van der Waals surface area contributed by atoms with Crippen molar-refractivity contribution in [3.05, 3.63) is 52.6 Å². The number of hydrogen-bond acceptors (Lipinski definition) is 4. The lowest BCUT2D eigenvalue weighted by Crippen LogP contribution is -2.12. The number of nitrogens with two attached hydrogens (primary N) is 1. The Morgan fingerprint density at radius 2 is 2.06 bits per heavy atom. The van der Waals surface area contributed by atoms with Gasteiger partial charge in [0.15, 0.2) is 5.82 Å². The van der Waals surface area contributed by atoms with Gasteiger partial charge in [0.05, 0.1) is 0 Å². The summed E-state index contributed by atoms with van der Waals surface area (Å²) in [6, 6.07) is 7.52. The third-order valence-electron chi connectivity index (χ3n) is 2.16. The van der Waals surface area contributed by atoms with Crippen LogP contribution in [0.15, 0.2) is 41.5 Å². The predicted molar refractivity (Wildman–Crippen MR) is 62.5 cm³/mol. The molecule has 1 heterocycles. The molecule has 0 spiro atoms. The largest absolute Gasteiger partial charge is 0.336 e. The van der Waals surface area contributed by atoms with E-state index < -0.39 is 0 Å². The van der Waals surface area contributed by atoms with Gasteiger partial charge in [0.1, 0.15) is 0 Å². The molecule has 5 nitrogen and oxygen atoms in total. The monoisotopic (exact) mass is 216 g/mol. The van der Waals surface area contributed by atoms with Crippen molar-refractivity contribution < 1.29 is 0 Å². The number of anilines is 2. The number of nitrogens with one attached hydrogen (secondary N) is 2. The summed E-state index contributed by atoms with van der Waals surface area (Å²) in [4.78, 5) is 17.8. The second-order valence-corrected chi connectivity index (χ2v) is 3.29. The van der Waals surface area contributed by atoms with Gasteiger partial charge in [0.2, 0.25) is 0 Å². The third-order valence-corrected chi connectivity index (χ3v) is 2.16. The molecule has 0 unspecified atom stereocenters. The molecular weight excluding hydrogens is 204 g/mol. The average Bonchev–Trinajstić information content (AvgIpc) is 2.33. The van der Waals surface area contributed by atoms with Crippen molar-refractivity contribution in [3.63, 3.8) is 0 Å². The van der Waals surface area contributed by atoms with E-state index in [1.54, 1.807) is 0 Å². The summed E-state index contributed by atoms with van der Waals surface area (Å²) in [5, 5.41) is 2.93. The average molecular weight is 216 g/mol. The molecule has 2 rings (SSSR count). The Labute approximate surface area is 92.3 Å². The Kier molecular flexibility index (Phi) is 2.98. The van der Waals surface area contributed by atoms with Crippen molar-refractivity contribution in [1.82, 2.24) is 9.97 Å². The maximum absolute atomic E-state index is 11.3. The number of aromatic amines is 1. The van der Waals surface area contributed by atoms with E-state index in [2.05, 4.69) is 15.3 Å². The summed E-state index contributed by atoms with van der Waals surface area (Å²) in [7, 11) is 0. The lowest BCUT2D eigenvalue weighted by atomic mass is 10.2. The van der Waals surface area contributed by atoms with Crippen LogP contribution in [0.1, 0.15) is 5.56 Å². The van der Waals surface area contributed by atoms with Crippen LogP contribution in [0.4, 0.5) is 11.5 Å². The second-order valence-electron chi connectivity index (χ2n) is 3.29. The SMILES string of the molecule is NCc1ccc(Nc2ncc[nH]c2=O)cc1. The Bertz CT molecular complexity index is 518. The van der Waals surface area contributed by atoms with Crippen LogP contribution in [0.5, 0.6) is 0 Å². The van der Waals surface area contributed by atoms with Gasteiger partial charge in [-0.2, -0.15) is 0 Å². The number of rotatable bonds is 3. The molecule has 2 aromatic rings. The normalized spacial score (nSPS) is 10.1. The van der Waals surface area contributed by atoms with Crippen LogP contribution in [0, 0.1) is 0 Å². The Hall–Kier alpha value is -2.14. The minimum absolute atomic E-state index is 0.245. The minimum atomic E-state index is -0.245. The van der Waals surface area contributed by atoms with Gasteiger partial charge in [-0.15, -0.1) is 0 Å². The van der Waals surface area contributed by atoms with E-state index in [1.807, 2.05) is 24.3 Å². The van der Waals surface area contributed by atoms with E-state index in [0.29, 0.717) is 6.54 Å². The van der Waals surface area contributed by atoms with Gasteiger partial charge in [0.25, 0.3) is 5.56 Å². The first-order valence-electron chi connectivity index (χ1n) is 4.89. The summed E-state index contributed by atoms with van der Waals surface area (Å²) < 4.78 is 0. The van der Waals surface area contributed by atoms with E-state index >= 15 is 0 Å². The highest BCUT2D eigenvalue weighted by Gasteiger charge is 1.99. The Morgan fingerprint density at radius 3 is 2.69 bits per heavy atom. The molecule has 0 fully saturated rings. The van der Waals surface area contributed by atoms with Crippen LogP contribution >= 0.6 is 0 Å². The first-order chi connectivity index (χ1) is 7.79. The van der Waals surface area contributed by atoms with Gasteiger partial charge in [-0.05, 0) is 17.7 Å². The zero-order valence-corrected chi connectivity index (χ0v) is 8.60. The highest BCUT2D eigenvalue weighted by molar-refractivity contribution is 5.55. The minimum Gasteiger partial charge on any atom is -0.336 e. The van der Waals surface area contributed by atoms with Crippen LogP contribution in [0.3, 0.4) is 0 Å². The lowest BCUT2D eigenvalue weighted by Gasteiger charge is -2.04. The molecule has 0 saturated carbocycles. The van der Waals surface area contributed by atoms with Crippen LogP contribution < -0.4 is 16.6 Å². The molecule has 0 amide bonds. The molecule has 82 valence electrons. The van der Waals surface area contributed by atoms with Crippen LogP contribution in [-0.2, 0) is 6.54 Å². The van der Waals surface area contributed by atoms with E-state index in [9.17, 15) is 4.79 Å². The highest BCUT2D eigenvalue weighted by Crippen LogP contribution is 2.12. The summed E-state index contributed by atoms with van der Waals surface area (Å²) in [6.45, 7) is 0.504. The van der Waals surface area contributed by atoms with Crippen molar-refractivity contribution in [3.8, 4) is 0 Å². The zero-order valence-electron chi connectivity index (χ0n) is 8.60. The third kappa shape index (κ3) is 2.26. The maximum Gasteiger partial charge on any atom is 0.291 e. The smallest absolute Gasteiger partial charge is 0.291 e. The van der Waals surface area contributed by atoms with Gasteiger partial charge >= 0.3 is 0 Å². The van der Waals surface area contributed by atoms with Gasteiger partial charge in [-0.1, -0.05) is 12.1 Å². The zero-order chi connectivity index (χ0) is 11.4. The molecule has 0 bridgehead atoms. The van der Waals surface area contributed by atoms with Crippen molar-refractivity contribution in [2.24, 2.45) is 5.73 Å². The van der Waals surface area contributed by atoms with E-state index in [0.717, 1.165) is 11.3 Å². The molecule has 4 N–H and O–H groups in total.